The van der Waals surface area contributed by atoms with Crippen molar-refractivity contribution in [1.29, 1.82) is 0 Å². The SMILES string of the molecule is Cc1ccc(C)c(-n2nnnc2SCC(=O)NCc2ccccc2Cl)c1. The lowest BCUT2D eigenvalue weighted by Crippen LogP contribution is -2.24. The summed E-state index contributed by atoms with van der Waals surface area (Å²) in [6, 6.07) is 13.5. The molecule has 0 saturated carbocycles. The molecule has 0 aliphatic heterocycles. The minimum atomic E-state index is -0.106. The highest BCUT2D eigenvalue weighted by molar-refractivity contribution is 7.99. The van der Waals surface area contributed by atoms with E-state index < -0.39 is 0 Å². The minimum absolute atomic E-state index is 0.106. The Kier molecular flexibility index (Phi) is 5.90. The molecule has 134 valence electrons. The number of benzene rings is 2. The van der Waals surface area contributed by atoms with Gasteiger partial charge >= 0.3 is 0 Å². The summed E-state index contributed by atoms with van der Waals surface area (Å²) in [5.74, 6) is 0.112. The number of aryl methyl sites for hydroxylation is 2. The number of tetrazole rings is 1. The molecule has 0 fully saturated rings. The van der Waals surface area contributed by atoms with E-state index in [1.165, 1.54) is 11.8 Å². The van der Waals surface area contributed by atoms with Crippen molar-refractivity contribution in [2.45, 2.75) is 25.5 Å². The van der Waals surface area contributed by atoms with E-state index in [-0.39, 0.29) is 11.7 Å². The third kappa shape index (κ3) is 4.42. The zero-order chi connectivity index (χ0) is 18.5. The Morgan fingerprint density at radius 2 is 2.04 bits per heavy atom. The lowest BCUT2D eigenvalue weighted by atomic mass is 10.1. The van der Waals surface area contributed by atoms with Gasteiger partial charge in [-0.25, -0.2) is 0 Å². The maximum Gasteiger partial charge on any atom is 0.230 e. The number of hydrogen-bond acceptors (Lipinski definition) is 5. The topological polar surface area (TPSA) is 72.7 Å². The molecule has 0 unspecified atom stereocenters. The van der Waals surface area contributed by atoms with Gasteiger partial charge in [-0.1, -0.05) is 53.7 Å². The van der Waals surface area contributed by atoms with Crippen molar-refractivity contribution >= 4 is 29.3 Å². The molecule has 1 N–H and O–H groups in total. The molecule has 1 aromatic heterocycles. The summed E-state index contributed by atoms with van der Waals surface area (Å²) >= 11 is 7.39. The van der Waals surface area contributed by atoms with E-state index in [1.807, 2.05) is 50.2 Å². The normalized spacial score (nSPS) is 10.7. The van der Waals surface area contributed by atoms with Crippen LogP contribution in [0, 0.1) is 13.8 Å². The van der Waals surface area contributed by atoms with E-state index in [0.29, 0.717) is 16.7 Å². The van der Waals surface area contributed by atoms with Crippen LogP contribution >= 0.6 is 23.4 Å². The van der Waals surface area contributed by atoms with Crippen LogP contribution in [0.1, 0.15) is 16.7 Å². The summed E-state index contributed by atoms with van der Waals surface area (Å²) in [6.45, 7) is 4.41. The molecule has 1 heterocycles. The second kappa shape index (κ2) is 8.33. The Balaban J connectivity index is 1.62. The lowest BCUT2D eigenvalue weighted by Gasteiger charge is -2.09. The van der Waals surface area contributed by atoms with E-state index in [4.69, 9.17) is 11.6 Å². The molecule has 3 aromatic rings. The molecule has 26 heavy (non-hydrogen) atoms. The number of hydrogen-bond donors (Lipinski definition) is 1. The van der Waals surface area contributed by atoms with Gasteiger partial charge in [0.05, 0.1) is 11.4 Å². The first-order valence-electron chi connectivity index (χ1n) is 8.03. The van der Waals surface area contributed by atoms with Crippen molar-refractivity contribution in [3.63, 3.8) is 0 Å². The van der Waals surface area contributed by atoms with E-state index in [1.54, 1.807) is 10.7 Å². The quantitative estimate of drug-likeness (QED) is 0.657. The van der Waals surface area contributed by atoms with Gasteiger partial charge in [0.1, 0.15) is 0 Å². The Hall–Kier alpha value is -2.38. The molecule has 0 aliphatic carbocycles. The molecule has 0 radical (unpaired) electrons. The third-order valence-electron chi connectivity index (χ3n) is 3.80. The number of aromatic nitrogens is 4. The van der Waals surface area contributed by atoms with Crippen LogP contribution < -0.4 is 5.32 Å². The van der Waals surface area contributed by atoms with Gasteiger partial charge in [-0.3, -0.25) is 4.79 Å². The maximum absolute atomic E-state index is 12.1. The first kappa shape index (κ1) is 18.4. The molecule has 1 amide bonds. The van der Waals surface area contributed by atoms with Crippen LogP contribution in [-0.2, 0) is 11.3 Å². The fraction of sp³-hybridized carbons (Fsp3) is 0.222. The van der Waals surface area contributed by atoms with E-state index >= 15 is 0 Å². The van der Waals surface area contributed by atoms with Crippen molar-refractivity contribution in [3.8, 4) is 5.69 Å². The number of amides is 1. The van der Waals surface area contributed by atoms with Crippen LogP contribution in [0.5, 0.6) is 0 Å². The zero-order valence-electron chi connectivity index (χ0n) is 14.4. The predicted octanol–water partition coefficient (Wildman–Crippen LogP) is 3.34. The van der Waals surface area contributed by atoms with Gasteiger partial charge in [0, 0.05) is 11.6 Å². The molecular formula is C18H18ClN5OS. The van der Waals surface area contributed by atoms with Crippen molar-refractivity contribution in [2.24, 2.45) is 0 Å². The fourth-order valence-electron chi connectivity index (χ4n) is 2.38. The molecule has 2 aromatic carbocycles. The third-order valence-corrected chi connectivity index (χ3v) is 5.09. The average molecular weight is 388 g/mol. The fourth-order valence-corrected chi connectivity index (χ4v) is 3.30. The molecular weight excluding hydrogens is 370 g/mol. The van der Waals surface area contributed by atoms with E-state index in [2.05, 4.69) is 20.8 Å². The summed E-state index contributed by atoms with van der Waals surface area (Å²) in [4.78, 5) is 12.1. The monoisotopic (exact) mass is 387 g/mol. The van der Waals surface area contributed by atoms with Crippen molar-refractivity contribution < 1.29 is 4.79 Å². The van der Waals surface area contributed by atoms with Crippen molar-refractivity contribution in [1.82, 2.24) is 25.5 Å². The molecule has 6 nitrogen and oxygen atoms in total. The number of halogens is 1. The van der Waals surface area contributed by atoms with Crippen LogP contribution in [-0.4, -0.2) is 31.9 Å². The van der Waals surface area contributed by atoms with Gasteiger partial charge in [-0.2, -0.15) is 4.68 Å². The van der Waals surface area contributed by atoms with Crippen LogP contribution in [0.3, 0.4) is 0 Å². The van der Waals surface area contributed by atoms with Crippen LogP contribution in [0.4, 0.5) is 0 Å². The maximum atomic E-state index is 12.1. The zero-order valence-corrected chi connectivity index (χ0v) is 16.0. The average Bonchev–Trinajstić information content (AvgIpc) is 3.09. The van der Waals surface area contributed by atoms with Crippen LogP contribution in [0.2, 0.25) is 5.02 Å². The smallest absolute Gasteiger partial charge is 0.230 e. The minimum Gasteiger partial charge on any atom is -0.351 e. The van der Waals surface area contributed by atoms with Gasteiger partial charge < -0.3 is 5.32 Å². The van der Waals surface area contributed by atoms with Crippen molar-refractivity contribution in [3.05, 3.63) is 64.2 Å². The highest BCUT2D eigenvalue weighted by Crippen LogP contribution is 2.21. The van der Waals surface area contributed by atoms with Gasteiger partial charge in [0.25, 0.3) is 0 Å². The summed E-state index contributed by atoms with van der Waals surface area (Å²) < 4.78 is 1.66. The number of thioether (sulfide) groups is 1. The first-order chi connectivity index (χ1) is 12.5. The van der Waals surface area contributed by atoms with E-state index in [0.717, 1.165) is 22.4 Å². The summed E-state index contributed by atoms with van der Waals surface area (Å²) in [7, 11) is 0. The Bertz CT molecular complexity index is 927. The second-order valence-corrected chi connectivity index (χ2v) is 7.17. The molecule has 0 bridgehead atoms. The Morgan fingerprint density at radius 1 is 1.23 bits per heavy atom. The van der Waals surface area contributed by atoms with Gasteiger partial charge in [0.15, 0.2) is 0 Å². The molecule has 8 heteroatoms. The van der Waals surface area contributed by atoms with E-state index in [9.17, 15) is 4.79 Å². The molecule has 0 atom stereocenters. The number of rotatable bonds is 6. The van der Waals surface area contributed by atoms with Crippen molar-refractivity contribution in [2.75, 3.05) is 5.75 Å². The van der Waals surface area contributed by atoms with Crippen LogP contribution in [0.25, 0.3) is 5.69 Å². The van der Waals surface area contributed by atoms with Gasteiger partial charge in [-0.15, -0.1) is 5.10 Å². The standard InChI is InChI=1S/C18H18ClN5OS/c1-12-7-8-13(2)16(9-12)24-18(21-22-23-24)26-11-17(25)20-10-14-5-3-4-6-15(14)19/h3-9H,10-11H2,1-2H3,(H,20,25). The highest BCUT2D eigenvalue weighted by Gasteiger charge is 2.13. The molecule has 3 rings (SSSR count). The first-order valence-corrected chi connectivity index (χ1v) is 9.40. The van der Waals surface area contributed by atoms with Crippen LogP contribution in [0.15, 0.2) is 47.6 Å². The Morgan fingerprint density at radius 3 is 2.85 bits per heavy atom. The molecule has 0 spiro atoms. The second-order valence-electron chi connectivity index (χ2n) is 5.82. The summed E-state index contributed by atoms with van der Waals surface area (Å²) in [5, 5.41) is 15.9. The van der Waals surface area contributed by atoms with Gasteiger partial charge in [-0.05, 0) is 53.1 Å². The number of carbonyl (C=O) groups is 1. The largest absolute Gasteiger partial charge is 0.351 e. The number of carbonyl (C=O) groups excluding carboxylic acids is 1. The van der Waals surface area contributed by atoms with Gasteiger partial charge in [0.2, 0.25) is 11.1 Å². The molecule has 0 aliphatic rings. The molecule has 0 saturated heterocycles. The number of nitrogens with one attached hydrogen (secondary N) is 1. The highest BCUT2D eigenvalue weighted by atomic mass is 35.5. The summed E-state index contributed by atoms with van der Waals surface area (Å²) in [5.41, 5.74) is 3.98. The summed E-state index contributed by atoms with van der Waals surface area (Å²) in [6.07, 6.45) is 0. The number of nitrogens with zero attached hydrogens (tertiary/aromatic N) is 4. The lowest BCUT2D eigenvalue weighted by molar-refractivity contribution is -0.118. The Labute approximate surface area is 160 Å². The predicted molar refractivity (Wildman–Crippen MR) is 103 cm³/mol.